The number of hydrogen-bond acceptors (Lipinski definition) is 5. The number of methoxy groups -OCH3 is 1. The van der Waals surface area contributed by atoms with E-state index in [1.165, 1.54) is 19.2 Å². The minimum atomic E-state index is -0.900. The molecule has 0 radical (unpaired) electrons. The molecule has 0 aromatic heterocycles. The fourth-order valence-electron chi connectivity index (χ4n) is 1.64. The first kappa shape index (κ1) is 17.4. The molecule has 8 heteroatoms. The summed E-state index contributed by atoms with van der Waals surface area (Å²) in [7, 11) is 1.36. The summed E-state index contributed by atoms with van der Waals surface area (Å²) in [6.45, 7) is 4.39. The number of anilines is 1. The Morgan fingerprint density at radius 3 is 2.55 bits per heavy atom. The van der Waals surface area contributed by atoms with Crippen molar-refractivity contribution in [2.75, 3.05) is 19.0 Å². The van der Waals surface area contributed by atoms with Crippen molar-refractivity contribution in [2.24, 2.45) is 5.92 Å². The number of nitrogens with zero attached hydrogens (tertiary/aromatic N) is 1. The summed E-state index contributed by atoms with van der Waals surface area (Å²) in [5, 5.41) is 15.5. The predicted molar refractivity (Wildman–Crippen MR) is 80.7 cm³/mol. The Morgan fingerprint density at radius 1 is 1.32 bits per heavy atom. The van der Waals surface area contributed by atoms with Crippen LogP contribution < -0.4 is 15.4 Å². The first-order valence-electron chi connectivity index (χ1n) is 6.76. The van der Waals surface area contributed by atoms with E-state index in [-0.39, 0.29) is 17.1 Å². The Morgan fingerprint density at radius 2 is 2.00 bits per heavy atom. The van der Waals surface area contributed by atoms with Gasteiger partial charge in [-0.15, -0.1) is 0 Å². The van der Waals surface area contributed by atoms with Gasteiger partial charge >= 0.3 is 11.8 Å². The van der Waals surface area contributed by atoms with Crippen LogP contribution in [0.5, 0.6) is 5.75 Å². The van der Waals surface area contributed by atoms with Crippen LogP contribution in [0.4, 0.5) is 11.4 Å². The fraction of sp³-hybridized carbons (Fsp3) is 0.429. The minimum Gasteiger partial charge on any atom is -0.495 e. The van der Waals surface area contributed by atoms with Gasteiger partial charge in [-0.3, -0.25) is 19.7 Å². The second-order valence-electron chi connectivity index (χ2n) is 5.03. The molecule has 0 saturated heterocycles. The summed E-state index contributed by atoms with van der Waals surface area (Å²) in [6.07, 6.45) is 0.749. The molecule has 1 aromatic rings. The second kappa shape index (κ2) is 7.96. The lowest BCUT2D eigenvalue weighted by molar-refractivity contribution is -0.384. The van der Waals surface area contributed by atoms with E-state index in [9.17, 15) is 19.7 Å². The van der Waals surface area contributed by atoms with E-state index in [0.717, 1.165) is 12.5 Å². The van der Waals surface area contributed by atoms with Gasteiger partial charge in [-0.05, 0) is 18.4 Å². The number of benzene rings is 1. The maximum Gasteiger partial charge on any atom is 0.313 e. The Kier molecular flexibility index (Phi) is 6.30. The van der Waals surface area contributed by atoms with Crippen LogP contribution >= 0.6 is 0 Å². The molecule has 0 heterocycles. The highest BCUT2D eigenvalue weighted by atomic mass is 16.6. The van der Waals surface area contributed by atoms with Crippen LogP contribution in [0.2, 0.25) is 0 Å². The van der Waals surface area contributed by atoms with Crippen LogP contribution in [0, 0.1) is 16.0 Å². The number of rotatable bonds is 6. The Balaban J connectivity index is 2.76. The zero-order chi connectivity index (χ0) is 16.7. The summed E-state index contributed by atoms with van der Waals surface area (Å²) in [5.41, 5.74) is -0.142. The molecule has 0 unspecified atom stereocenters. The van der Waals surface area contributed by atoms with Gasteiger partial charge in [0.25, 0.3) is 5.69 Å². The standard InChI is InChI=1S/C14H19N3O5/c1-9(2)6-7-15-13(18)14(19)16-11-8-10(17(20)21)4-5-12(11)22-3/h4-5,8-9H,6-7H2,1-3H3,(H,15,18)(H,16,19). The Labute approximate surface area is 128 Å². The zero-order valence-electron chi connectivity index (χ0n) is 12.7. The first-order chi connectivity index (χ1) is 10.3. The fourth-order valence-corrected chi connectivity index (χ4v) is 1.64. The van der Waals surface area contributed by atoms with E-state index in [1.54, 1.807) is 0 Å². The molecular formula is C14H19N3O5. The molecule has 0 aliphatic heterocycles. The average Bonchev–Trinajstić information content (AvgIpc) is 2.46. The summed E-state index contributed by atoms with van der Waals surface area (Å²) < 4.78 is 5.00. The molecule has 0 fully saturated rings. The van der Waals surface area contributed by atoms with Crippen molar-refractivity contribution >= 4 is 23.2 Å². The van der Waals surface area contributed by atoms with Crippen LogP contribution in [0.3, 0.4) is 0 Å². The summed E-state index contributed by atoms with van der Waals surface area (Å²) in [6, 6.07) is 3.74. The molecule has 0 aliphatic carbocycles. The Bertz CT molecular complexity index is 572. The van der Waals surface area contributed by atoms with E-state index in [2.05, 4.69) is 10.6 Å². The molecule has 0 saturated carbocycles. The third-order valence-electron chi connectivity index (χ3n) is 2.86. The van der Waals surface area contributed by atoms with Gasteiger partial charge in [-0.2, -0.15) is 0 Å². The van der Waals surface area contributed by atoms with E-state index in [1.807, 2.05) is 13.8 Å². The number of nitro groups is 1. The molecule has 8 nitrogen and oxygen atoms in total. The van der Waals surface area contributed by atoms with Gasteiger partial charge in [-0.25, -0.2) is 0 Å². The van der Waals surface area contributed by atoms with Crippen LogP contribution in [0.1, 0.15) is 20.3 Å². The second-order valence-corrected chi connectivity index (χ2v) is 5.03. The minimum absolute atomic E-state index is 0.0701. The number of amides is 2. The third kappa shape index (κ3) is 5.04. The van der Waals surface area contributed by atoms with Crippen molar-refractivity contribution in [1.29, 1.82) is 0 Å². The van der Waals surface area contributed by atoms with Crippen molar-refractivity contribution in [1.82, 2.24) is 5.32 Å². The van der Waals surface area contributed by atoms with Crippen LogP contribution in [0.15, 0.2) is 18.2 Å². The van der Waals surface area contributed by atoms with Crippen molar-refractivity contribution in [2.45, 2.75) is 20.3 Å². The maximum absolute atomic E-state index is 11.8. The molecular weight excluding hydrogens is 290 g/mol. The van der Waals surface area contributed by atoms with E-state index >= 15 is 0 Å². The lowest BCUT2D eigenvalue weighted by Crippen LogP contribution is -2.36. The van der Waals surface area contributed by atoms with Gasteiger partial charge < -0.3 is 15.4 Å². The molecule has 1 aromatic carbocycles. The van der Waals surface area contributed by atoms with Gasteiger partial charge in [0, 0.05) is 18.7 Å². The number of non-ortho nitro benzene ring substituents is 1. The molecule has 2 amide bonds. The van der Waals surface area contributed by atoms with Crippen molar-refractivity contribution in [3.05, 3.63) is 28.3 Å². The van der Waals surface area contributed by atoms with Crippen molar-refractivity contribution in [3.8, 4) is 5.75 Å². The van der Waals surface area contributed by atoms with Gasteiger partial charge in [-0.1, -0.05) is 13.8 Å². The van der Waals surface area contributed by atoms with Crippen LogP contribution in [-0.2, 0) is 9.59 Å². The number of nitrogens with one attached hydrogen (secondary N) is 2. The van der Waals surface area contributed by atoms with Gasteiger partial charge in [0.1, 0.15) is 5.75 Å². The highest BCUT2D eigenvalue weighted by Crippen LogP contribution is 2.28. The van der Waals surface area contributed by atoms with Crippen LogP contribution in [0.25, 0.3) is 0 Å². The SMILES string of the molecule is COc1ccc([N+](=O)[O-])cc1NC(=O)C(=O)NCCC(C)C. The number of carbonyl (C=O) groups is 2. The van der Waals surface area contributed by atoms with Crippen LogP contribution in [-0.4, -0.2) is 30.4 Å². The molecule has 0 atom stereocenters. The van der Waals surface area contributed by atoms with E-state index < -0.39 is 16.7 Å². The predicted octanol–water partition coefficient (Wildman–Crippen LogP) is 1.70. The monoisotopic (exact) mass is 309 g/mol. The Hall–Kier alpha value is -2.64. The summed E-state index contributed by atoms with van der Waals surface area (Å²) in [4.78, 5) is 33.6. The summed E-state index contributed by atoms with van der Waals surface area (Å²) in [5.74, 6) is -1.06. The maximum atomic E-state index is 11.8. The average molecular weight is 309 g/mol. The largest absolute Gasteiger partial charge is 0.495 e. The van der Waals surface area contributed by atoms with Gasteiger partial charge in [0.2, 0.25) is 0 Å². The lowest BCUT2D eigenvalue weighted by Gasteiger charge is -2.10. The highest BCUT2D eigenvalue weighted by molar-refractivity contribution is 6.39. The van der Waals surface area contributed by atoms with Crippen molar-refractivity contribution in [3.63, 3.8) is 0 Å². The lowest BCUT2D eigenvalue weighted by atomic mass is 10.1. The topological polar surface area (TPSA) is 111 Å². The number of nitro benzene ring substituents is 1. The molecule has 120 valence electrons. The normalized spacial score (nSPS) is 10.2. The van der Waals surface area contributed by atoms with E-state index in [4.69, 9.17) is 4.74 Å². The molecule has 1 rings (SSSR count). The molecule has 0 aliphatic rings. The quantitative estimate of drug-likeness (QED) is 0.472. The van der Waals surface area contributed by atoms with Gasteiger partial charge in [0.05, 0.1) is 17.7 Å². The van der Waals surface area contributed by atoms with Crippen molar-refractivity contribution < 1.29 is 19.2 Å². The number of carbonyl (C=O) groups excluding carboxylic acids is 2. The first-order valence-corrected chi connectivity index (χ1v) is 6.76. The highest BCUT2D eigenvalue weighted by Gasteiger charge is 2.18. The number of ether oxygens (including phenoxy) is 1. The zero-order valence-corrected chi connectivity index (χ0v) is 12.7. The third-order valence-corrected chi connectivity index (χ3v) is 2.86. The molecule has 22 heavy (non-hydrogen) atoms. The molecule has 2 N–H and O–H groups in total. The van der Waals surface area contributed by atoms with Gasteiger partial charge in [0.15, 0.2) is 0 Å². The molecule has 0 bridgehead atoms. The molecule has 0 spiro atoms. The number of hydrogen-bond donors (Lipinski definition) is 2. The smallest absolute Gasteiger partial charge is 0.313 e. The van der Waals surface area contributed by atoms with E-state index in [0.29, 0.717) is 12.5 Å². The summed E-state index contributed by atoms with van der Waals surface area (Å²) >= 11 is 0.